The lowest BCUT2D eigenvalue weighted by atomic mass is 10.3. The lowest BCUT2D eigenvalue weighted by Gasteiger charge is -2.32. The van der Waals surface area contributed by atoms with Crippen LogP contribution in [0.5, 0.6) is 0 Å². The molecule has 0 aromatic rings. The van der Waals surface area contributed by atoms with Crippen molar-refractivity contribution >= 4 is 18.0 Å². The molecule has 0 saturated carbocycles. The number of hydrogen-bond donors (Lipinski definition) is 1. The number of rotatable bonds is 9. The number of nitrogens with zero attached hydrogens (tertiary/aromatic N) is 2. The van der Waals surface area contributed by atoms with E-state index >= 15 is 0 Å². The summed E-state index contributed by atoms with van der Waals surface area (Å²) in [6, 6.07) is -0.473. The van der Waals surface area contributed by atoms with E-state index in [2.05, 4.69) is 0 Å². The molecule has 1 N–H and O–H groups in total. The van der Waals surface area contributed by atoms with Gasteiger partial charge in [0.25, 0.3) is 0 Å². The third-order valence-corrected chi connectivity index (χ3v) is 2.82. The van der Waals surface area contributed by atoms with Gasteiger partial charge in [-0.3, -0.25) is 9.59 Å². The van der Waals surface area contributed by atoms with E-state index in [-0.39, 0.29) is 38.2 Å². The zero-order valence-corrected chi connectivity index (χ0v) is 13.3. The molecule has 0 radical (unpaired) electrons. The molecular weight excluding hydrogens is 276 g/mol. The first-order valence-corrected chi connectivity index (χ1v) is 7.26. The Balaban J connectivity index is 4.85. The van der Waals surface area contributed by atoms with E-state index in [4.69, 9.17) is 9.84 Å². The highest BCUT2D eigenvalue weighted by Gasteiger charge is 2.25. The second-order valence-corrected chi connectivity index (χ2v) is 4.94. The zero-order valence-electron chi connectivity index (χ0n) is 13.3. The monoisotopic (exact) mass is 302 g/mol. The minimum Gasteiger partial charge on any atom is -0.481 e. The van der Waals surface area contributed by atoms with Gasteiger partial charge in [-0.25, -0.2) is 4.79 Å². The van der Waals surface area contributed by atoms with Crippen molar-refractivity contribution in [2.45, 2.75) is 46.6 Å². The smallest absolute Gasteiger partial charge is 0.325 e. The van der Waals surface area contributed by atoms with Gasteiger partial charge in [0.15, 0.2) is 0 Å². The summed E-state index contributed by atoms with van der Waals surface area (Å²) >= 11 is 0. The summed E-state index contributed by atoms with van der Waals surface area (Å²) in [6.07, 6.45) is 0.583. The first-order chi connectivity index (χ1) is 9.83. The number of carbonyl (C=O) groups is 3. The Morgan fingerprint density at radius 2 is 1.76 bits per heavy atom. The van der Waals surface area contributed by atoms with Crippen LogP contribution in [0.15, 0.2) is 0 Å². The van der Waals surface area contributed by atoms with Crippen LogP contribution in [0.1, 0.15) is 40.5 Å². The molecule has 7 heteroatoms. The van der Waals surface area contributed by atoms with Crippen LogP contribution >= 0.6 is 0 Å². The van der Waals surface area contributed by atoms with E-state index in [1.54, 1.807) is 6.92 Å². The Bertz CT molecular complexity index is 357. The van der Waals surface area contributed by atoms with Crippen LogP contribution in [0.4, 0.5) is 4.79 Å². The molecule has 0 saturated heterocycles. The zero-order chi connectivity index (χ0) is 16.4. The summed E-state index contributed by atoms with van der Waals surface area (Å²) in [5.74, 6) is -1.41. The molecule has 2 amide bonds. The van der Waals surface area contributed by atoms with Crippen molar-refractivity contribution in [2.75, 3.05) is 26.2 Å². The van der Waals surface area contributed by atoms with Crippen LogP contribution in [-0.2, 0) is 14.3 Å². The molecule has 0 atom stereocenters. The predicted molar refractivity (Wildman–Crippen MR) is 78.0 cm³/mol. The highest BCUT2D eigenvalue weighted by molar-refractivity contribution is 5.81. The fraction of sp³-hybridized carbons (Fsp3) is 0.786. The van der Waals surface area contributed by atoms with Crippen molar-refractivity contribution in [1.29, 1.82) is 0 Å². The van der Waals surface area contributed by atoms with Crippen LogP contribution in [0.2, 0.25) is 0 Å². The average Bonchev–Trinajstić information content (AvgIpc) is 2.37. The van der Waals surface area contributed by atoms with Crippen LogP contribution in [0, 0.1) is 0 Å². The second kappa shape index (κ2) is 10.0. The number of hydrogen-bond acceptors (Lipinski definition) is 4. The SMILES string of the molecule is CCCN(CC(=O)OCC)C(=O)N(CCC(=O)O)C(C)C. The molecule has 0 aromatic heterocycles. The number of carboxylic acids is 1. The molecule has 7 nitrogen and oxygen atoms in total. The summed E-state index contributed by atoms with van der Waals surface area (Å²) in [7, 11) is 0. The lowest BCUT2D eigenvalue weighted by molar-refractivity contribution is -0.144. The van der Waals surface area contributed by atoms with Crippen molar-refractivity contribution in [1.82, 2.24) is 9.80 Å². The van der Waals surface area contributed by atoms with Gasteiger partial charge < -0.3 is 19.6 Å². The van der Waals surface area contributed by atoms with Crippen LogP contribution in [0.3, 0.4) is 0 Å². The van der Waals surface area contributed by atoms with Gasteiger partial charge in [0.05, 0.1) is 13.0 Å². The normalized spacial score (nSPS) is 10.3. The van der Waals surface area contributed by atoms with E-state index in [0.717, 1.165) is 0 Å². The van der Waals surface area contributed by atoms with Crippen LogP contribution < -0.4 is 0 Å². The van der Waals surface area contributed by atoms with E-state index < -0.39 is 11.9 Å². The molecule has 0 spiro atoms. The highest BCUT2D eigenvalue weighted by Crippen LogP contribution is 2.07. The molecule has 0 aliphatic carbocycles. The fourth-order valence-electron chi connectivity index (χ4n) is 1.85. The average molecular weight is 302 g/mol. The maximum Gasteiger partial charge on any atom is 0.325 e. The predicted octanol–water partition coefficient (Wildman–Crippen LogP) is 1.57. The third kappa shape index (κ3) is 7.53. The number of ether oxygens (including phenoxy) is 1. The van der Waals surface area contributed by atoms with Crippen molar-refractivity contribution in [3.05, 3.63) is 0 Å². The standard InChI is InChI=1S/C14H26N2O5/c1-5-8-15(10-13(19)21-6-2)14(20)16(11(3)4)9-7-12(17)18/h11H,5-10H2,1-4H3,(H,17,18). The van der Waals surface area contributed by atoms with Crippen LogP contribution in [0.25, 0.3) is 0 Å². The molecule has 0 heterocycles. The minimum absolute atomic E-state index is 0.114. The Kier molecular flexibility index (Phi) is 9.16. The molecule has 0 fully saturated rings. The Hall–Kier alpha value is -1.79. The summed E-state index contributed by atoms with van der Waals surface area (Å²) in [4.78, 5) is 37.6. The summed E-state index contributed by atoms with van der Waals surface area (Å²) < 4.78 is 4.86. The molecule has 0 bridgehead atoms. The van der Waals surface area contributed by atoms with Gasteiger partial charge in [0, 0.05) is 19.1 Å². The number of carboxylic acid groups (broad SMARTS) is 1. The summed E-state index contributed by atoms with van der Waals surface area (Å²) in [6.45, 7) is 7.93. The highest BCUT2D eigenvalue weighted by atomic mass is 16.5. The molecule has 0 unspecified atom stereocenters. The molecule has 0 aliphatic heterocycles. The largest absolute Gasteiger partial charge is 0.481 e. The Morgan fingerprint density at radius 3 is 2.19 bits per heavy atom. The van der Waals surface area contributed by atoms with E-state index in [1.807, 2.05) is 20.8 Å². The van der Waals surface area contributed by atoms with Crippen molar-refractivity contribution in [3.63, 3.8) is 0 Å². The number of amides is 2. The van der Waals surface area contributed by atoms with Gasteiger partial charge in [0.2, 0.25) is 0 Å². The van der Waals surface area contributed by atoms with E-state index in [1.165, 1.54) is 9.80 Å². The fourth-order valence-corrected chi connectivity index (χ4v) is 1.85. The number of esters is 1. The molecule has 0 rings (SSSR count). The van der Waals surface area contributed by atoms with Gasteiger partial charge in [-0.2, -0.15) is 0 Å². The summed E-state index contributed by atoms with van der Waals surface area (Å²) in [5, 5.41) is 8.76. The number of urea groups is 1. The molecule has 122 valence electrons. The molecule has 21 heavy (non-hydrogen) atoms. The Morgan fingerprint density at radius 1 is 1.14 bits per heavy atom. The van der Waals surface area contributed by atoms with Crippen molar-refractivity contribution < 1.29 is 24.2 Å². The Labute approximate surface area is 125 Å². The number of aliphatic carboxylic acids is 1. The minimum atomic E-state index is -0.958. The van der Waals surface area contributed by atoms with Crippen LogP contribution in [-0.4, -0.2) is 65.2 Å². The second-order valence-electron chi connectivity index (χ2n) is 4.94. The van der Waals surface area contributed by atoms with E-state index in [0.29, 0.717) is 13.0 Å². The summed E-state index contributed by atoms with van der Waals surface area (Å²) in [5.41, 5.74) is 0. The first kappa shape index (κ1) is 19.2. The third-order valence-electron chi connectivity index (χ3n) is 2.82. The van der Waals surface area contributed by atoms with Gasteiger partial charge in [0.1, 0.15) is 6.54 Å². The topological polar surface area (TPSA) is 87.2 Å². The maximum absolute atomic E-state index is 12.5. The molecule has 0 aliphatic rings. The maximum atomic E-state index is 12.5. The van der Waals surface area contributed by atoms with Gasteiger partial charge in [-0.15, -0.1) is 0 Å². The van der Waals surface area contributed by atoms with Gasteiger partial charge >= 0.3 is 18.0 Å². The van der Waals surface area contributed by atoms with Gasteiger partial charge in [-0.05, 0) is 27.2 Å². The van der Waals surface area contributed by atoms with Gasteiger partial charge in [-0.1, -0.05) is 6.92 Å². The lowest BCUT2D eigenvalue weighted by Crippen LogP contribution is -2.49. The quantitative estimate of drug-likeness (QED) is 0.653. The van der Waals surface area contributed by atoms with Crippen molar-refractivity contribution in [2.24, 2.45) is 0 Å². The molecule has 0 aromatic carbocycles. The molecular formula is C14H26N2O5. The first-order valence-electron chi connectivity index (χ1n) is 7.26. The van der Waals surface area contributed by atoms with E-state index in [9.17, 15) is 14.4 Å². The number of carbonyl (C=O) groups excluding carboxylic acids is 2. The van der Waals surface area contributed by atoms with Crippen molar-refractivity contribution in [3.8, 4) is 0 Å².